The Hall–Kier alpha value is -1.58. The highest BCUT2D eigenvalue weighted by molar-refractivity contribution is 7.89. The number of hydrogen-bond donors (Lipinski definition) is 1. The topological polar surface area (TPSA) is 95.5 Å². The van der Waals surface area contributed by atoms with Crippen molar-refractivity contribution in [3.63, 3.8) is 0 Å². The average Bonchev–Trinajstić information content (AvgIpc) is 2.48. The summed E-state index contributed by atoms with van der Waals surface area (Å²) in [6.07, 6.45) is 2.91. The smallest absolute Gasteiger partial charge is 0.239 e. The number of anilines is 1. The van der Waals surface area contributed by atoms with Crippen LogP contribution in [0.5, 0.6) is 0 Å². The van der Waals surface area contributed by atoms with Crippen molar-refractivity contribution in [2.24, 2.45) is 0 Å². The summed E-state index contributed by atoms with van der Waals surface area (Å²) in [6, 6.07) is 3.34. The molecule has 1 aliphatic rings. The predicted molar refractivity (Wildman–Crippen MR) is 82.7 cm³/mol. The van der Waals surface area contributed by atoms with Gasteiger partial charge in [0.15, 0.2) is 5.82 Å². The van der Waals surface area contributed by atoms with Crippen molar-refractivity contribution >= 4 is 21.7 Å². The minimum absolute atomic E-state index is 0.149. The van der Waals surface area contributed by atoms with E-state index in [2.05, 4.69) is 15.5 Å². The molecule has 22 heavy (non-hydrogen) atoms. The minimum Gasteiger partial charge on any atom is -0.308 e. The van der Waals surface area contributed by atoms with E-state index in [1.54, 1.807) is 12.1 Å². The van der Waals surface area contributed by atoms with Gasteiger partial charge in [-0.2, -0.15) is 5.10 Å². The predicted octanol–water partition coefficient (Wildman–Crippen LogP) is -0.229. The summed E-state index contributed by atoms with van der Waals surface area (Å²) in [5.41, 5.74) is 0. The van der Waals surface area contributed by atoms with Gasteiger partial charge in [0, 0.05) is 26.8 Å². The van der Waals surface area contributed by atoms with Gasteiger partial charge in [0.05, 0.1) is 11.8 Å². The first-order valence-electron chi connectivity index (χ1n) is 7.11. The summed E-state index contributed by atoms with van der Waals surface area (Å²) in [5, 5.41) is 9.66. The minimum atomic E-state index is -3.29. The molecule has 1 fully saturated rings. The van der Waals surface area contributed by atoms with E-state index in [4.69, 9.17) is 0 Å². The number of amides is 1. The fourth-order valence-corrected chi connectivity index (χ4v) is 3.91. The first-order valence-corrected chi connectivity index (χ1v) is 8.61. The van der Waals surface area contributed by atoms with Crippen molar-refractivity contribution in [3.05, 3.63) is 18.3 Å². The van der Waals surface area contributed by atoms with Gasteiger partial charge in [-0.15, -0.1) is 5.10 Å². The lowest BCUT2D eigenvalue weighted by molar-refractivity contribution is -0.117. The molecule has 1 saturated heterocycles. The molecule has 1 amide bonds. The van der Waals surface area contributed by atoms with Crippen LogP contribution in [0.15, 0.2) is 18.3 Å². The standard InChI is InChI=1S/C13H21N5O3S/c1-17(2)22(20,21)11-5-4-8-18(9-11)10-13(19)15-12-6-3-7-14-16-12/h3,6-7,11H,4-5,8-10H2,1-2H3,(H,15,16,19). The third-order valence-electron chi connectivity index (χ3n) is 3.60. The number of piperidine rings is 1. The van der Waals surface area contributed by atoms with Gasteiger partial charge in [0.2, 0.25) is 15.9 Å². The van der Waals surface area contributed by atoms with E-state index in [9.17, 15) is 13.2 Å². The Balaban J connectivity index is 1.92. The third-order valence-corrected chi connectivity index (χ3v) is 5.84. The zero-order chi connectivity index (χ0) is 16.2. The van der Waals surface area contributed by atoms with E-state index in [-0.39, 0.29) is 12.5 Å². The molecule has 8 nitrogen and oxygen atoms in total. The molecule has 2 heterocycles. The second-order valence-electron chi connectivity index (χ2n) is 5.48. The summed E-state index contributed by atoms with van der Waals surface area (Å²) in [6.45, 7) is 1.23. The highest BCUT2D eigenvalue weighted by atomic mass is 32.2. The summed E-state index contributed by atoms with van der Waals surface area (Å²) in [5.74, 6) is 0.172. The lowest BCUT2D eigenvalue weighted by atomic mass is 10.1. The van der Waals surface area contributed by atoms with Gasteiger partial charge in [-0.3, -0.25) is 9.69 Å². The SMILES string of the molecule is CN(C)S(=O)(=O)C1CCCN(CC(=O)Nc2cccnn2)C1. The molecule has 0 saturated carbocycles. The van der Waals surface area contributed by atoms with Crippen LogP contribution in [0.3, 0.4) is 0 Å². The van der Waals surface area contributed by atoms with Crippen molar-refractivity contribution in [2.75, 3.05) is 39.0 Å². The van der Waals surface area contributed by atoms with Gasteiger partial charge >= 0.3 is 0 Å². The molecular weight excluding hydrogens is 306 g/mol. The number of hydrogen-bond acceptors (Lipinski definition) is 6. The molecule has 1 aromatic rings. The van der Waals surface area contributed by atoms with E-state index in [1.165, 1.54) is 24.6 Å². The number of nitrogens with one attached hydrogen (secondary N) is 1. The largest absolute Gasteiger partial charge is 0.308 e. The number of sulfonamides is 1. The van der Waals surface area contributed by atoms with Crippen molar-refractivity contribution < 1.29 is 13.2 Å². The van der Waals surface area contributed by atoms with Crippen LogP contribution in [0.2, 0.25) is 0 Å². The maximum atomic E-state index is 12.2. The van der Waals surface area contributed by atoms with Crippen LogP contribution in [-0.2, 0) is 14.8 Å². The molecule has 122 valence electrons. The number of nitrogens with zero attached hydrogens (tertiary/aromatic N) is 4. The maximum Gasteiger partial charge on any atom is 0.239 e. The molecule has 1 atom stereocenters. The van der Waals surface area contributed by atoms with E-state index in [1.807, 2.05) is 4.90 Å². The molecule has 0 aromatic carbocycles. The van der Waals surface area contributed by atoms with E-state index in [0.29, 0.717) is 25.3 Å². The molecule has 0 bridgehead atoms. The highest BCUT2D eigenvalue weighted by Crippen LogP contribution is 2.18. The van der Waals surface area contributed by atoms with E-state index < -0.39 is 15.3 Å². The van der Waals surface area contributed by atoms with Crippen molar-refractivity contribution in [2.45, 2.75) is 18.1 Å². The second kappa shape index (κ2) is 7.12. The van der Waals surface area contributed by atoms with Crippen LogP contribution in [-0.4, -0.2) is 72.7 Å². The first-order chi connectivity index (χ1) is 10.4. The Morgan fingerprint density at radius 1 is 1.50 bits per heavy atom. The van der Waals surface area contributed by atoms with Crippen molar-refractivity contribution in [1.29, 1.82) is 0 Å². The van der Waals surface area contributed by atoms with Gasteiger partial charge in [-0.25, -0.2) is 12.7 Å². The fourth-order valence-electron chi connectivity index (χ4n) is 2.45. The molecule has 9 heteroatoms. The van der Waals surface area contributed by atoms with Gasteiger partial charge in [-0.05, 0) is 31.5 Å². The average molecular weight is 327 g/mol. The Bertz CT molecular complexity index is 605. The molecule has 0 aliphatic carbocycles. The summed E-state index contributed by atoms with van der Waals surface area (Å²) in [7, 11) is -0.216. The lowest BCUT2D eigenvalue weighted by Gasteiger charge is -2.33. The Morgan fingerprint density at radius 2 is 2.27 bits per heavy atom. The monoisotopic (exact) mass is 327 g/mol. The van der Waals surface area contributed by atoms with Crippen molar-refractivity contribution in [3.8, 4) is 0 Å². The molecule has 0 radical (unpaired) electrons. The van der Waals surface area contributed by atoms with Crippen LogP contribution < -0.4 is 5.32 Å². The number of likely N-dealkylation sites (tertiary alicyclic amines) is 1. The van der Waals surface area contributed by atoms with Crippen molar-refractivity contribution in [1.82, 2.24) is 19.4 Å². The molecular formula is C13H21N5O3S. The Labute approximate surface area is 130 Å². The number of carbonyl (C=O) groups excluding carboxylic acids is 1. The van der Waals surface area contributed by atoms with Crippen LogP contribution in [0.4, 0.5) is 5.82 Å². The van der Waals surface area contributed by atoms with Gasteiger partial charge in [-0.1, -0.05) is 0 Å². The normalized spacial score (nSPS) is 20.0. The lowest BCUT2D eigenvalue weighted by Crippen LogP contribution is -2.48. The first kappa shape index (κ1) is 16.8. The van der Waals surface area contributed by atoms with Crippen LogP contribution in [0.25, 0.3) is 0 Å². The van der Waals surface area contributed by atoms with Crippen LogP contribution >= 0.6 is 0 Å². The van der Waals surface area contributed by atoms with Gasteiger partial charge in [0.25, 0.3) is 0 Å². The highest BCUT2D eigenvalue weighted by Gasteiger charge is 2.32. The molecule has 0 spiro atoms. The number of rotatable bonds is 5. The number of aromatic nitrogens is 2. The summed E-state index contributed by atoms with van der Waals surface area (Å²) < 4.78 is 25.6. The maximum absolute atomic E-state index is 12.2. The molecule has 1 unspecified atom stereocenters. The summed E-state index contributed by atoms with van der Waals surface area (Å²) in [4.78, 5) is 13.9. The molecule has 2 rings (SSSR count). The molecule has 1 N–H and O–H groups in total. The fraction of sp³-hybridized carbons (Fsp3) is 0.615. The zero-order valence-electron chi connectivity index (χ0n) is 12.8. The second-order valence-corrected chi connectivity index (χ2v) is 7.91. The zero-order valence-corrected chi connectivity index (χ0v) is 13.6. The van der Waals surface area contributed by atoms with Crippen LogP contribution in [0.1, 0.15) is 12.8 Å². The van der Waals surface area contributed by atoms with E-state index >= 15 is 0 Å². The quantitative estimate of drug-likeness (QED) is 0.803. The molecule has 1 aromatic heterocycles. The van der Waals surface area contributed by atoms with E-state index in [0.717, 1.165) is 6.42 Å². The van der Waals surface area contributed by atoms with Gasteiger partial charge in [0.1, 0.15) is 0 Å². The van der Waals surface area contributed by atoms with Crippen LogP contribution in [0, 0.1) is 0 Å². The molecule has 1 aliphatic heterocycles. The Kier molecular flexibility index (Phi) is 5.43. The van der Waals surface area contributed by atoms with Gasteiger partial charge < -0.3 is 5.32 Å². The Morgan fingerprint density at radius 3 is 2.91 bits per heavy atom. The summed E-state index contributed by atoms with van der Waals surface area (Å²) >= 11 is 0. The number of carbonyl (C=O) groups is 1. The third kappa shape index (κ3) is 4.21.